The van der Waals surface area contributed by atoms with Crippen molar-refractivity contribution in [2.45, 2.75) is 40.5 Å². The molecule has 0 radical (unpaired) electrons. The van der Waals surface area contributed by atoms with E-state index in [0.29, 0.717) is 11.5 Å². The molecule has 3 nitrogen and oxygen atoms in total. The number of methoxy groups -OCH3 is 2. The van der Waals surface area contributed by atoms with Gasteiger partial charge >= 0.3 is 0 Å². The number of nitriles is 1. The van der Waals surface area contributed by atoms with Crippen molar-refractivity contribution in [3.8, 4) is 17.6 Å². The zero-order valence-electron chi connectivity index (χ0n) is 16.7. The molecule has 0 atom stereocenters. The van der Waals surface area contributed by atoms with Gasteiger partial charge in [-0.1, -0.05) is 45.4 Å². The van der Waals surface area contributed by atoms with Gasteiger partial charge in [-0.3, -0.25) is 0 Å². The molecule has 2 aromatic rings. The van der Waals surface area contributed by atoms with Gasteiger partial charge in [-0.15, -0.1) is 0 Å². The van der Waals surface area contributed by atoms with Crippen LogP contribution in [-0.4, -0.2) is 14.2 Å². The van der Waals surface area contributed by atoms with Crippen LogP contribution in [0.2, 0.25) is 0 Å². The third-order valence-electron chi connectivity index (χ3n) is 3.91. The van der Waals surface area contributed by atoms with Crippen LogP contribution in [0.15, 0.2) is 42.5 Å². The van der Waals surface area contributed by atoms with E-state index in [4.69, 9.17) is 9.47 Å². The molecule has 26 heavy (non-hydrogen) atoms. The van der Waals surface area contributed by atoms with E-state index in [1.165, 1.54) is 17.5 Å². The summed E-state index contributed by atoms with van der Waals surface area (Å²) in [4.78, 5) is 0. The number of benzene rings is 2. The van der Waals surface area contributed by atoms with E-state index in [1.807, 2.05) is 18.2 Å². The molecule has 0 spiro atoms. The number of hydrogen-bond acceptors (Lipinski definition) is 3. The van der Waals surface area contributed by atoms with Crippen molar-refractivity contribution < 1.29 is 9.47 Å². The van der Waals surface area contributed by atoms with Crippen molar-refractivity contribution in [2.24, 2.45) is 0 Å². The van der Waals surface area contributed by atoms with E-state index in [0.717, 1.165) is 23.1 Å². The number of rotatable bonds is 5. The molecule has 0 saturated carbocycles. The zero-order valence-corrected chi connectivity index (χ0v) is 16.7. The van der Waals surface area contributed by atoms with Gasteiger partial charge in [-0.05, 0) is 53.3 Å². The molecule has 2 aromatic carbocycles. The van der Waals surface area contributed by atoms with Crippen molar-refractivity contribution in [3.05, 3.63) is 64.7 Å². The fraction of sp³-hybridized carbons (Fsp3) is 0.348. The molecular weight excluding hydrogens is 322 g/mol. The average Bonchev–Trinajstić information content (AvgIpc) is 2.66. The lowest BCUT2D eigenvalue weighted by Crippen LogP contribution is -1.95. The van der Waals surface area contributed by atoms with Gasteiger partial charge in [0.25, 0.3) is 0 Å². The standard InChI is InChI=1S/C20H21NO2.C3H8/c1-5-15-6-7-16(10-14(15)2)20(8-9-21)17-11-18(22-3)13-19(12-17)23-4;1-3-2/h6-8,10-13H,5H2,1-4H3;3H2,1-2H3/b20-8+;. The summed E-state index contributed by atoms with van der Waals surface area (Å²) in [6, 6.07) is 14.1. The van der Waals surface area contributed by atoms with Crippen LogP contribution >= 0.6 is 0 Å². The molecule has 0 bridgehead atoms. The summed E-state index contributed by atoms with van der Waals surface area (Å²) in [6.07, 6.45) is 3.81. The van der Waals surface area contributed by atoms with Crippen molar-refractivity contribution in [1.82, 2.24) is 0 Å². The Balaban J connectivity index is 0.00000105. The van der Waals surface area contributed by atoms with E-state index in [1.54, 1.807) is 20.3 Å². The van der Waals surface area contributed by atoms with Gasteiger partial charge in [0.15, 0.2) is 0 Å². The van der Waals surface area contributed by atoms with Crippen LogP contribution in [0.5, 0.6) is 11.5 Å². The maximum absolute atomic E-state index is 9.19. The molecule has 0 amide bonds. The molecule has 0 aliphatic rings. The highest BCUT2D eigenvalue weighted by atomic mass is 16.5. The van der Waals surface area contributed by atoms with Gasteiger partial charge in [0.2, 0.25) is 0 Å². The molecule has 3 heteroatoms. The molecule has 0 saturated heterocycles. The monoisotopic (exact) mass is 351 g/mol. The summed E-state index contributed by atoms with van der Waals surface area (Å²) in [5, 5.41) is 9.19. The Hall–Kier alpha value is -2.73. The lowest BCUT2D eigenvalue weighted by atomic mass is 9.94. The lowest BCUT2D eigenvalue weighted by Gasteiger charge is -2.13. The maximum atomic E-state index is 9.19. The topological polar surface area (TPSA) is 42.2 Å². The third kappa shape index (κ3) is 5.67. The second-order valence-electron chi connectivity index (χ2n) is 5.99. The van der Waals surface area contributed by atoms with Crippen LogP contribution < -0.4 is 9.47 Å². The first-order valence-electron chi connectivity index (χ1n) is 8.97. The Morgan fingerprint density at radius 3 is 1.96 bits per heavy atom. The van der Waals surface area contributed by atoms with Crippen molar-refractivity contribution in [3.63, 3.8) is 0 Å². The number of aryl methyl sites for hydroxylation is 2. The van der Waals surface area contributed by atoms with Gasteiger partial charge in [0, 0.05) is 12.1 Å². The summed E-state index contributed by atoms with van der Waals surface area (Å²) < 4.78 is 10.7. The summed E-state index contributed by atoms with van der Waals surface area (Å²) in [5.74, 6) is 1.40. The van der Waals surface area contributed by atoms with E-state index >= 15 is 0 Å². The van der Waals surface area contributed by atoms with Crippen LogP contribution in [0.1, 0.15) is 49.4 Å². The van der Waals surface area contributed by atoms with Gasteiger partial charge in [-0.25, -0.2) is 0 Å². The summed E-state index contributed by atoms with van der Waals surface area (Å²) >= 11 is 0. The molecule has 0 fully saturated rings. The lowest BCUT2D eigenvalue weighted by molar-refractivity contribution is 0.394. The van der Waals surface area contributed by atoms with E-state index in [2.05, 4.69) is 52.0 Å². The smallest absolute Gasteiger partial charge is 0.123 e. The quantitative estimate of drug-likeness (QED) is 0.625. The number of nitrogens with zero attached hydrogens (tertiary/aromatic N) is 1. The molecule has 0 aliphatic heterocycles. The number of ether oxygens (including phenoxy) is 2. The number of allylic oxidation sites excluding steroid dienone is 1. The molecule has 0 aromatic heterocycles. The largest absolute Gasteiger partial charge is 0.497 e. The molecule has 0 unspecified atom stereocenters. The highest BCUT2D eigenvalue weighted by molar-refractivity contribution is 5.82. The van der Waals surface area contributed by atoms with Gasteiger partial charge < -0.3 is 9.47 Å². The highest BCUT2D eigenvalue weighted by Crippen LogP contribution is 2.31. The van der Waals surface area contributed by atoms with Crippen LogP contribution in [0, 0.1) is 18.3 Å². The minimum atomic E-state index is 0.699. The van der Waals surface area contributed by atoms with Crippen molar-refractivity contribution in [2.75, 3.05) is 14.2 Å². The minimum Gasteiger partial charge on any atom is -0.497 e. The Morgan fingerprint density at radius 2 is 1.54 bits per heavy atom. The normalized spacial score (nSPS) is 10.4. The first-order chi connectivity index (χ1) is 12.5. The molecule has 138 valence electrons. The Bertz CT molecular complexity index is 763. The SMILES string of the molecule is CCC.CCc1ccc(/C(=C\C#N)c2cc(OC)cc(OC)c2)cc1C. The summed E-state index contributed by atoms with van der Waals surface area (Å²) in [7, 11) is 3.23. The van der Waals surface area contributed by atoms with Crippen LogP contribution in [0.4, 0.5) is 0 Å². The molecular formula is C23H29NO2. The highest BCUT2D eigenvalue weighted by Gasteiger charge is 2.10. The average molecular weight is 351 g/mol. The first kappa shape index (κ1) is 21.3. The summed E-state index contributed by atoms with van der Waals surface area (Å²) in [5.41, 5.74) is 5.30. The van der Waals surface area contributed by atoms with E-state index < -0.39 is 0 Å². The predicted molar refractivity (Wildman–Crippen MR) is 109 cm³/mol. The summed E-state index contributed by atoms with van der Waals surface area (Å²) in [6.45, 7) is 8.49. The van der Waals surface area contributed by atoms with E-state index in [-0.39, 0.29) is 0 Å². The molecule has 0 heterocycles. The van der Waals surface area contributed by atoms with Crippen LogP contribution in [0.25, 0.3) is 5.57 Å². The predicted octanol–water partition coefficient (Wildman–Crippen LogP) is 5.95. The fourth-order valence-electron chi connectivity index (χ4n) is 2.62. The fourth-order valence-corrected chi connectivity index (χ4v) is 2.62. The minimum absolute atomic E-state index is 0.699. The van der Waals surface area contributed by atoms with Gasteiger partial charge in [-0.2, -0.15) is 5.26 Å². The van der Waals surface area contributed by atoms with E-state index in [9.17, 15) is 5.26 Å². The Kier molecular flexibility index (Phi) is 9.01. The third-order valence-corrected chi connectivity index (χ3v) is 3.91. The van der Waals surface area contributed by atoms with Crippen LogP contribution in [-0.2, 0) is 6.42 Å². The molecule has 2 rings (SSSR count). The van der Waals surface area contributed by atoms with Gasteiger partial charge in [0.05, 0.1) is 20.3 Å². The molecule has 0 aliphatic carbocycles. The first-order valence-corrected chi connectivity index (χ1v) is 8.97. The Labute approximate surface area is 157 Å². The molecule has 0 N–H and O–H groups in total. The van der Waals surface area contributed by atoms with Crippen molar-refractivity contribution >= 4 is 5.57 Å². The number of hydrogen-bond donors (Lipinski definition) is 0. The maximum Gasteiger partial charge on any atom is 0.123 e. The second kappa shape index (κ2) is 11.0. The van der Waals surface area contributed by atoms with Crippen molar-refractivity contribution in [1.29, 1.82) is 5.26 Å². The zero-order chi connectivity index (χ0) is 19.5. The second-order valence-corrected chi connectivity index (χ2v) is 5.99. The van der Waals surface area contributed by atoms with Crippen LogP contribution in [0.3, 0.4) is 0 Å². The van der Waals surface area contributed by atoms with Gasteiger partial charge in [0.1, 0.15) is 11.5 Å². The Morgan fingerprint density at radius 1 is 0.962 bits per heavy atom.